The Labute approximate surface area is 121 Å². The average molecular weight is 291 g/mol. The third-order valence-electron chi connectivity index (χ3n) is 3.82. The van der Waals surface area contributed by atoms with E-state index in [-0.39, 0.29) is 11.7 Å². The van der Waals surface area contributed by atoms with Crippen LogP contribution in [0, 0.1) is 0 Å². The summed E-state index contributed by atoms with van der Waals surface area (Å²) in [7, 11) is 0. The van der Waals surface area contributed by atoms with E-state index < -0.39 is 5.97 Å². The lowest BCUT2D eigenvalue weighted by molar-refractivity contribution is 0.0691. The highest BCUT2D eigenvalue weighted by Gasteiger charge is 2.26. The molecule has 1 aliphatic rings. The van der Waals surface area contributed by atoms with Crippen molar-refractivity contribution in [3.63, 3.8) is 0 Å². The largest absolute Gasteiger partial charge is 0.476 e. The first-order valence-corrected chi connectivity index (χ1v) is 7.87. The molecule has 0 aromatic carbocycles. The van der Waals surface area contributed by atoms with Crippen LogP contribution in [0.3, 0.4) is 0 Å². The molecule has 20 heavy (non-hydrogen) atoms. The minimum atomic E-state index is -1.01. The van der Waals surface area contributed by atoms with Crippen molar-refractivity contribution in [3.05, 3.63) is 23.2 Å². The van der Waals surface area contributed by atoms with Crippen molar-refractivity contribution in [1.29, 1.82) is 0 Å². The summed E-state index contributed by atoms with van der Waals surface area (Å²) in [5.41, 5.74) is 0.732. The molecule has 0 spiro atoms. The van der Waals surface area contributed by atoms with Gasteiger partial charge < -0.3 is 5.11 Å². The van der Waals surface area contributed by atoms with E-state index in [9.17, 15) is 9.90 Å². The second-order valence-corrected chi connectivity index (χ2v) is 6.11. The molecule has 0 amide bonds. The number of carboxylic acids is 1. The van der Waals surface area contributed by atoms with Crippen molar-refractivity contribution >= 4 is 17.3 Å². The Morgan fingerprint density at radius 1 is 1.30 bits per heavy atom. The van der Waals surface area contributed by atoms with E-state index in [4.69, 9.17) is 0 Å². The molecule has 0 bridgehead atoms. The van der Waals surface area contributed by atoms with E-state index in [1.54, 1.807) is 0 Å². The number of hydrogen-bond acceptors (Lipinski definition) is 4. The van der Waals surface area contributed by atoms with Gasteiger partial charge in [0.1, 0.15) is 5.69 Å². The summed E-state index contributed by atoms with van der Waals surface area (Å²) >= 11 is 1.53. The van der Waals surface area contributed by atoms with Crippen molar-refractivity contribution in [2.45, 2.75) is 44.6 Å². The Morgan fingerprint density at radius 3 is 2.65 bits per heavy atom. The molecule has 2 heterocycles. The van der Waals surface area contributed by atoms with Gasteiger partial charge in [0.15, 0.2) is 5.69 Å². The highest BCUT2D eigenvalue weighted by Crippen LogP contribution is 2.34. The maximum absolute atomic E-state index is 11.4. The highest BCUT2D eigenvalue weighted by atomic mass is 32.1. The molecular weight excluding hydrogens is 274 g/mol. The first kappa shape index (κ1) is 13.3. The van der Waals surface area contributed by atoms with Gasteiger partial charge >= 0.3 is 5.97 Å². The molecule has 2 aromatic heterocycles. The third-order valence-corrected chi connectivity index (χ3v) is 4.70. The average Bonchev–Trinajstić information content (AvgIpc) is 3.02. The van der Waals surface area contributed by atoms with Crippen molar-refractivity contribution in [1.82, 2.24) is 15.0 Å². The quantitative estimate of drug-likeness (QED) is 0.877. The zero-order valence-electron chi connectivity index (χ0n) is 11.2. The molecule has 1 saturated carbocycles. The van der Waals surface area contributed by atoms with E-state index in [1.807, 2.05) is 22.2 Å². The standard InChI is InChI=1S/C14H17N3O2S/c18-14(19)12-13(11-8-5-9-20-11)17(16-15-12)10-6-3-1-2-4-7-10/h5,8-10H,1-4,6-7H2,(H,18,19). The van der Waals surface area contributed by atoms with E-state index in [1.165, 1.54) is 37.0 Å². The summed E-state index contributed by atoms with van der Waals surface area (Å²) in [5, 5.41) is 19.3. The second kappa shape index (κ2) is 5.75. The van der Waals surface area contributed by atoms with Gasteiger partial charge in [0, 0.05) is 0 Å². The first-order valence-electron chi connectivity index (χ1n) is 6.99. The summed E-state index contributed by atoms with van der Waals surface area (Å²) in [4.78, 5) is 12.3. The van der Waals surface area contributed by atoms with E-state index in [0.29, 0.717) is 5.69 Å². The molecule has 0 aliphatic heterocycles. The number of aromatic nitrogens is 3. The van der Waals surface area contributed by atoms with Crippen LogP contribution in [0.2, 0.25) is 0 Å². The van der Waals surface area contributed by atoms with Gasteiger partial charge in [-0.25, -0.2) is 9.48 Å². The number of rotatable bonds is 3. The molecule has 0 radical (unpaired) electrons. The van der Waals surface area contributed by atoms with Gasteiger partial charge in [-0.2, -0.15) is 0 Å². The minimum Gasteiger partial charge on any atom is -0.476 e. The number of nitrogens with zero attached hydrogens (tertiary/aromatic N) is 3. The molecule has 5 nitrogen and oxygen atoms in total. The van der Waals surface area contributed by atoms with Crippen LogP contribution in [0.5, 0.6) is 0 Å². The van der Waals surface area contributed by atoms with Crippen LogP contribution in [0.25, 0.3) is 10.6 Å². The third kappa shape index (κ3) is 2.47. The maximum Gasteiger partial charge on any atom is 0.358 e. The molecule has 1 fully saturated rings. The lowest BCUT2D eigenvalue weighted by atomic mass is 10.1. The van der Waals surface area contributed by atoms with Gasteiger partial charge in [0.2, 0.25) is 0 Å². The Hall–Kier alpha value is -1.69. The predicted molar refractivity (Wildman–Crippen MR) is 77.0 cm³/mol. The van der Waals surface area contributed by atoms with Crippen molar-refractivity contribution in [2.24, 2.45) is 0 Å². The molecular formula is C14H17N3O2S. The molecule has 106 valence electrons. The molecule has 1 aliphatic carbocycles. The number of carboxylic acid groups (broad SMARTS) is 1. The van der Waals surface area contributed by atoms with Gasteiger partial charge in [-0.1, -0.05) is 37.0 Å². The Balaban J connectivity index is 2.04. The Bertz CT molecular complexity index is 584. The zero-order valence-corrected chi connectivity index (χ0v) is 12.0. The van der Waals surface area contributed by atoms with Gasteiger partial charge in [-0.3, -0.25) is 0 Å². The molecule has 0 unspecified atom stereocenters. The number of aromatic carboxylic acids is 1. The fraction of sp³-hybridized carbons (Fsp3) is 0.500. The molecule has 3 rings (SSSR count). The van der Waals surface area contributed by atoms with Crippen LogP contribution in [0.1, 0.15) is 55.1 Å². The second-order valence-electron chi connectivity index (χ2n) is 5.16. The molecule has 1 N–H and O–H groups in total. The molecule has 6 heteroatoms. The summed E-state index contributed by atoms with van der Waals surface area (Å²) in [6.07, 6.45) is 6.98. The van der Waals surface area contributed by atoms with E-state index in [2.05, 4.69) is 10.3 Å². The van der Waals surface area contributed by atoms with Crippen LogP contribution in [0.15, 0.2) is 17.5 Å². The van der Waals surface area contributed by atoms with Crippen molar-refractivity contribution in [2.75, 3.05) is 0 Å². The van der Waals surface area contributed by atoms with Gasteiger partial charge in [0.25, 0.3) is 0 Å². The first-order chi connectivity index (χ1) is 9.77. The highest BCUT2D eigenvalue weighted by molar-refractivity contribution is 7.13. The van der Waals surface area contributed by atoms with Crippen LogP contribution in [-0.2, 0) is 0 Å². The van der Waals surface area contributed by atoms with E-state index >= 15 is 0 Å². The number of carbonyl (C=O) groups is 1. The van der Waals surface area contributed by atoms with Gasteiger partial charge in [0.05, 0.1) is 10.9 Å². The maximum atomic E-state index is 11.4. The normalized spacial score (nSPS) is 17.0. The lowest BCUT2D eigenvalue weighted by Gasteiger charge is -2.16. The fourth-order valence-corrected chi connectivity index (χ4v) is 3.60. The molecule has 0 atom stereocenters. The molecule has 0 saturated heterocycles. The summed E-state index contributed by atoms with van der Waals surface area (Å²) < 4.78 is 1.85. The summed E-state index contributed by atoms with van der Waals surface area (Å²) in [6.45, 7) is 0. The fourth-order valence-electron chi connectivity index (χ4n) is 2.84. The smallest absolute Gasteiger partial charge is 0.358 e. The Kier molecular flexibility index (Phi) is 3.82. The summed E-state index contributed by atoms with van der Waals surface area (Å²) in [5.74, 6) is -1.01. The minimum absolute atomic E-state index is 0.0664. The predicted octanol–water partition coefficient (Wildman–Crippen LogP) is 3.60. The van der Waals surface area contributed by atoms with Crippen LogP contribution in [-0.4, -0.2) is 26.1 Å². The van der Waals surface area contributed by atoms with Crippen molar-refractivity contribution in [3.8, 4) is 10.6 Å². The topological polar surface area (TPSA) is 68.0 Å². The van der Waals surface area contributed by atoms with E-state index in [0.717, 1.165) is 17.7 Å². The van der Waals surface area contributed by atoms with Gasteiger partial charge in [-0.05, 0) is 24.3 Å². The monoisotopic (exact) mass is 291 g/mol. The summed E-state index contributed by atoms with van der Waals surface area (Å²) in [6, 6.07) is 4.13. The lowest BCUT2D eigenvalue weighted by Crippen LogP contribution is -2.12. The number of thiophene rings is 1. The number of hydrogen-bond donors (Lipinski definition) is 1. The van der Waals surface area contributed by atoms with Crippen LogP contribution < -0.4 is 0 Å². The zero-order chi connectivity index (χ0) is 13.9. The van der Waals surface area contributed by atoms with Gasteiger partial charge in [-0.15, -0.1) is 16.4 Å². The molecule has 2 aromatic rings. The SMILES string of the molecule is O=C(O)c1nnn(C2CCCCCC2)c1-c1cccs1. The van der Waals surface area contributed by atoms with Crippen LogP contribution in [0.4, 0.5) is 0 Å². The van der Waals surface area contributed by atoms with Crippen LogP contribution >= 0.6 is 11.3 Å². The Morgan fingerprint density at radius 2 is 2.05 bits per heavy atom. The van der Waals surface area contributed by atoms with Crippen molar-refractivity contribution < 1.29 is 9.90 Å².